The van der Waals surface area contributed by atoms with E-state index >= 15 is 0 Å². The van der Waals surface area contributed by atoms with Gasteiger partial charge in [0.1, 0.15) is 17.0 Å². The Morgan fingerprint density at radius 3 is 2.64 bits per heavy atom. The molecular formula is C23H25F3N4O2S. The normalized spacial score (nSPS) is 20.3. The number of halogens is 3. The fraction of sp³-hybridized carbons (Fsp3) is 0.478. The Bertz CT molecular complexity index is 1120. The molecule has 0 aliphatic carbocycles. The minimum atomic E-state index is -4.25. The molecular weight excluding hydrogens is 453 g/mol. The van der Waals surface area contributed by atoms with Crippen molar-refractivity contribution in [1.29, 1.82) is 0 Å². The third-order valence-electron chi connectivity index (χ3n) is 6.60. The van der Waals surface area contributed by atoms with E-state index in [0.29, 0.717) is 16.0 Å². The maximum Gasteiger partial charge on any atom is 0.393 e. The number of thiophene rings is 1. The zero-order valence-corrected chi connectivity index (χ0v) is 18.9. The topological polar surface area (TPSA) is 61.7 Å². The van der Waals surface area contributed by atoms with E-state index in [1.54, 1.807) is 6.07 Å². The van der Waals surface area contributed by atoms with Crippen molar-refractivity contribution in [3.8, 4) is 0 Å². The van der Waals surface area contributed by atoms with Crippen LogP contribution in [-0.2, 0) is 11.2 Å². The Morgan fingerprint density at radius 1 is 1.18 bits per heavy atom. The number of nitrogens with zero attached hydrogens (tertiary/aromatic N) is 4. The Kier molecular flexibility index (Phi) is 5.80. The molecule has 2 fully saturated rings. The lowest BCUT2D eigenvalue weighted by molar-refractivity contribution is -0.158. The van der Waals surface area contributed by atoms with Crippen LogP contribution >= 0.6 is 11.3 Å². The highest BCUT2D eigenvalue weighted by atomic mass is 32.1. The van der Waals surface area contributed by atoms with E-state index in [1.807, 2.05) is 30.3 Å². The van der Waals surface area contributed by atoms with E-state index in [1.165, 1.54) is 13.4 Å². The lowest BCUT2D eigenvalue weighted by atomic mass is 9.77. The largest absolute Gasteiger partial charge is 0.393 e. The van der Waals surface area contributed by atoms with Crippen molar-refractivity contribution >= 4 is 27.4 Å². The molecule has 176 valence electrons. The van der Waals surface area contributed by atoms with Crippen molar-refractivity contribution in [3.05, 3.63) is 53.2 Å². The van der Waals surface area contributed by atoms with Gasteiger partial charge in [0.05, 0.1) is 17.8 Å². The highest BCUT2D eigenvalue weighted by molar-refractivity contribution is 7.18. The molecule has 0 bridgehead atoms. The summed E-state index contributed by atoms with van der Waals surface area (Å²) in [5.74, 6) is 0.705. The molecule has 3 aromatic rings. The van der Waals surface area contributed by atoms with Crippen molar-refractivity contribution in [2.45, 2.75) is 31.3 Å². The summed E-state index contributed by atoms with van der Waals surface area (Å²) in [6.07, 6.45) is -3.73. The minimum absolute atomic E-state index is 0.0581. The lowest BCUT2D eigenvalue weighted by Crippen LogP contribution is -2.60. The van der Waals surface area contributed by atoms with Gasteiger partial charge in [-0.1, -0.05) is 30.3 Å². The average Bonchev–Trinajstić information content (AvgIpc) is 3.37. The van der Waals surface area contributed by atoms with Gasteiger partial charge >= 0.3 is 6.18 Å². The van der Waals surface area contributed by atoms with Crippen molar-refractivity contribution < 1.29 is 23.0 Å². The number of aliphatic hydroxyl groups is 1. The number of ether oxygens (including phenoxy) is 1. The molecule has 1 aromatic carbocycles. The first-order chi connectivity index (χ1) is 15.8. The van der Waals surface area contributed by atoms with E-state index in [4.69, 9.17) is 4.74 Å². The number of hydrogen-bond donors (Lipinski definition) is 1. The summed E-state index contributed by atoms with van der Waals surface area (Å²) in [6, 6.07) is 11.2. The maximum atomic E-state index is 12.9. The smallest absolute Gasteiger partial charge is 0.366 e. The zero-order chi connectivity index (χ0) is 23.2. The summed E-state index contributed by atoms with van der Waals surface area (Å²) >= 11 is 1.08. The summed E-state index contributed by atoms with van der Waals surface area (Å²) in [6.45, 7) is 3.17. The summed E-state index contributed by atoms with van der Waals surface area (Å²) < 4.78 is 43.8. The van der Waals surface area contributed by atoms with Gasteiger partial charge in [-0.15, -0.1) is 11.3 Å². The van der Waals surface area contributed by atoms with Crippen molar-refractivity contribution in [2.75, 3.05) is 38.2 Å². The van der Waals surface area contributed by atoms with Crippen molar-refractivity contribution in [2.24, 2.45) is 5.41 Å². The molecule has 0 radical (unpaired) electrons. The molecule has 0 saturated carbocycles. The zero-order valence-electron chi connectivity index (χ0n) is 18.1. The second kappa shape index (κ2) is 8.50. The van der Waals surface area contributed by atoms with Crippen LogP contribution in [0.5, 0.6) is 0 Å². The molecule has 10 heteroatoms. The Labute approximate surface area is 193 Å². The van der Waals surface area contributed by atoms with E-state index in [0.717, 1.165) is 49.5 Å². The molecule has 1 N–H and O–H groups in total. The van der Waals surface area contributed by atoms with Gasteiger partial charge < -0.3 is 14.7 Å². The third kappa shape index (κ3) is 4.44. The predicted octanol–water partition coefficient (Wildman–Crippen LogP) is 4.01. The van der Waals surface area contributed by atoms with Crippen molar-refractivity contribution in [3.63, 3.8) is 0 Å². The van der Waals surface area contributed by atoms with E-state index in [-0.39, 0.29) is 16.3 Å². The first-order valence-electron chi connectivity index (χ1n) is 10.8. The number of hydrogen-bond acceptors (Lipinski definition) is 7. The van der Waals surface area contributed by atoms with E-state index < -0.39 is 18.9 Å². The number of rotatable bonds is 6. The van der Waals surface area contributed by atoms with E-state index in [9.17, 15) is 18.3 Å². The Morgan fingerprint density at radius 2 is 1.94 bits per heavy atom. The van der Waals surface area contributed by atoms with Crippen LogP contribution in [0.4, 0.5) is 19.0 Å². The molecule has 1 spiro atoms. The van der Waals surface area contributed by atoms with Gasteiger partial charge in [-0.05, 0) is 18.1 Å². The van der Waals surface area contributed by atoms with Crippen LogP contribution in [0.25, 0.3) is 10.2 Å². The van der Waals surface area contributed by atoms with Gasteiger partial charge in [-0.3, -0.25) is 4.90 Å². The predicted molar refractivity (Wildman–Crippen MR) is 120 cm³/mol. The number of methoxy groups -OCH3 is 1. The molecule has 2 atom stereocenters. The summed E-state index contributed by atoms with van der Waals surface area (Å²) in [5, 5.41) is 11.2. The summed E-state index contributed by atoms with van der Waals surface area (Å²) in [4.78, 5) is 13.9. The highest BCUT2D eigenvalue weighted by Crippen LogP contribution is 2.46. The fourth-order valence-electron chi connectivity index (χ4n) is 5.15. The second-order valence-corrected chi connectivity index (χ2v) is 10.1. The van der Waals surface area contributed by atoms with Crippen LogP contribution < -0.4 is 4.90 Å². The molecule has 2 saturated heterocycles. The number of aromatic nitrogens is 2. The van der Waals surface area contributed by atoms with Crippen LogP contribution in [0.2, 0.25) is 0 Å². The Balaban J connectivity index is 1.32. The van der Waals surface area contributed by atoms with E-state index in [2.05, 4.69) is 19.8 Å². The van der Waals surface area contributed by atoms with Gasteiger partial charge in [0, 0.05) is 43.6 Å². The lowest BCUT2D eigenvalue weighted by Gasteiger charge is -2.52. The molecule has 2 unspecified atom stereocenters. The molecule has 0 amide bonds. The SMILES string of the molecule is COC(O)C(c1ccccc1)N1CC2(CCN(c3ncnc4sc(CC(F)(F)F)cc34)C2)C1. The third-order valence-corrected chi connectivity index (χ3v) is 7.64. The van der Waals surface area contributed by atoms with Crippen LogP contribution in [0.15, 0.2) is 42.7 Å². The number of alkyl halides is 3. The van der Waals surface area contributed by atoms with Gasteiger partial charge in [0.25, 0.3) is 0 Å². The summed E-state index contributed by atoms with van der Waals surface area (Å²) in [7, 11) is 1.50. The summed E-state index contributed by atoms with van der Waals surface area (Å²) in [5.41, 5.74) is 1.06. The standard InChI is InChI=1S/C23H25F3N4O2S/c1-32-21(31)18(15-5-3-2-4-6-15)30-12-22(13-30)7-8-29(11-22)19-17-9-16(10-23(24,25)26)33-20(17)28-14-27-19/h2-6,9,14,18,21,31H,7-8,10-13H2,1H3. The molecule has 6 nitrogen and oxygen atoms in total. The Hall–Kier alpha value is -2.27. The average molecular weight is 479 g/mol. The van der Waals surface area contributed by atoms with Crippen LogP contribution in [-0.4, -0.2) is 65.7 Å². The van der Waals surface area contributed by atoms with Crippen molar-refractivity contribution in [1.82, 2.24) is 14.9 Å². The van der Waals surface area contributed by atoms with Gasteiger partial charge in [0.15, 0.2) is 6.29 Å². The minimum Gasteiger partial charge on any atom is -0.366 e. The molecule has 2 aliphatic heterocycles. The number of aliphatic hydroxyl groups excluding tert-OH is 1. The second-order valence-electron chi connectivity index (χ2n) is 8.98. The molecule has 4 heterocycles. The molecule has 2 aromatic heterocycles. The molecule has 2 aliphatic rings. The molecule has 5 rings (SSSR count). The van der Waals surface area contributed by atoms with Gasteiger partial charge in [-0.2, -0.15) is 13.2 Å². The van der Waals surface area contributed by atoms with Crippen LogP contribution in [0, 0.1) is 5.41 Å². The monoisotopic (exact) mass is 478 g/mol. The number of anilines is 1. The van der Waals surface area contributed by atoms with Crippen LogP contribution in [0.1, 0.15) is 22.9 Å². The number of likely N-dealkylation sites (tertiary alicyclic amines) is 1. The fourth-order valence-corrected chi connectivity index (χ4v) is 6.17. The first kappa shape index (κ1) is 22.5. The quantitative estimate of drug-likeness (QED) is 0.540. The first-order valence-corrected chi connectivity index (χ1v) is 11.6. The number of benzene rings is 1. The maximum absolute atomic E-state index is 12.9. The molecule has 33 heavy (non-hydrogen) atoms. The highest BCUT2D eigenvalue weighted by Gasteiger charge is 2.51. The van der Waals surface area contributed by atoms with Gasteiger partial charge in [0.2, 0.25) is 0 Å². The number of fused-ring (bicyclic) bond motifs is 1. The van der Waals surface area contributed by atoms with Gasteiger partial charge in [-0.25, -0.2) is 9.97 Å². The van der Waals surface area contributed by atoms with Crippen LogP contribution in [0.3, 0.4) is 0 Å².